The Balaban J connectivity index is 1.87. The zero-order chi connectivity index (χ0) is 19.0. The molecule has 134 valence electrons. The number of carbonyl (C=O) groups is 1. The zero-order valence-electron chi connectivity index (χ0n) is 12.7. The fourth-order valence-electron chi connectivity index (χ4n) is 2.11. The van der Waals surface area contributed by atoms with Crippen LogP contribution >= 0.6 is 58.8 Å². The van der Waals surface area contributed by atoms with Crippen molar-refractivity contribution < 1.29 is 15.0 Å². The number of benzene rings is 2. The molecule has 0 saturated carbocycles. The summed E-state index contributed by atoms with van der Waals surface area (Å²) in [5.41, 5.74) is 3.64. The second-order valence-corrected chi connectivity index (χ2v) is 8.05. The van der Waals surface area contributed by atoms with E-state index in [1.54, 1.807) is 12.1 Å². The molecule has 0 spiro atoms. The number of amides is 1. The smallest absolute Gasteiger partial charge is 0.285 e. The number of nitrogens with zero attached hydrogens (tertiary/aromatic N) is 1. The molecule has 2 aromatic rings. The molecule has 1 fully saturated rings. The van der Waals surface area contributed by atoms with Crippen molar-refractivity contribution >= 4 is 80.8 Å². The van der Waals surface area contributed by atoms with Crippen LogP contribution in [0.1, 0.15) is 5.56 Å². The summed E-state index contributed by atoms with van der Waals surface area (Å²) in [5, 5.41) is 20.9. The van der Waals surface area contributed by atoms with Crippen molar-refractivity contribution in [1.82, 2.24) is 5.01 Å². The van der Waals surface area contributed by atoms with Crippen molar-refractivity contribution in [2.75, 3.05) is 5.43 Å². The van der Waals surface area contributed by atoms with E-state index in [0.29, 0.717) is 21.2 Å². The van der Waals surface area contributed by atoms with E-state index in [1.165, 1.54) is 24.3 Å². The molecule has 1 aliphatic rings. The lowest BCUT2D eigenvalue weighted by Gasteiger charge is -2.19. The van der Waals surface area contributed by atoms with Gasteiger partial charge in [0.25, 0.3) is 5.91 Å². The number of rotatable bonds is 3. The Labute approximate surface area is 173 Å². The molecule has 26 heavy (non-hydrogen) atoms. The largest absolute Gasteiger partial charge is 0.504 e. The summed E-state index contributed by atoms with van der Waals surface area (Å²) in [7, 11) is 0. The number of aromatic hydroxyl groups is 2. The number of phenols is 2. The molecule has 3 rings (SSSR count). The van der Waals surface area contributed by atoms with Crippen LogP contribution in [0, 0.1) is 0 Å². The molecular formula is C16H9Cl3N2O3S2. The van der Waals surface area contributed by atoms with Crippen LogP contribution in [-0.4, -0.2) is 25.4 Å². The van der Waals surface area contributed by atoms with Crippen LogP contribution < -0.4 is 5.43 Å². The summed E-state index contributed by atoms with van der Waals surface area (Å²) >= 11 is 24.4. The van der Waals surface area contributed by atoms with Crippen molar-refractivity contribution in [1.29, 1.82) is 0 Å². The Morgan fingerprint density at radius 2 is 1.73 bits per heavy atom. The number of hydrazine groups is 1. The molecule has 0 aromatic heterocycles. The van der Waals surface area contributed by atoms with Gasteiger partial charge in [-0.1, -0.05) is 52.6 Å². The van der Waals surface area contributed by atoms with Crippen LogP contribution in [0.3, 0.4) is 0 Å². The fourth-order valence-corrected chi connectivity index (χ4v) is 4.19. The first-order valence-electron chi connectivity index (χ1n) is 6.97. The maximum Gasteiger partial charge on any atom is 0.285 e. The minimum Gasteiger partial charge on any atom is -0.504 e. The maximum absolute atomic E-state index is 12.6. The van der Waals surface area contributed by atoms with Gasteiger partial charge in [-0.2, -0.15) is 0 Å². The van der Waals surface area contributed by atoms with Crippen LogP contribution in [0.2, 0.25) is 15.1 Å². The highest BCUT2D eigenvalue weighted by Crippen LogP contribution is 2.38. The average molecular weight is 448 g/mol. The molecule has 1 amide bonds. The van der Waals surface area contributed by atoms with E-state index in [-0.39, 0.29) is 25.9 Å². The summed E-state index contributed by atoms with van der Waals surface area (Å²) in [6.45, 7) is 0. The molecule has 0 radical (unpaired) electrons. The molecule has 1 heterocycles. The Hall–Kier alpha value is -1.64. The highest BCUT2D eigenvalue weighted by Gasteiger charge is 2.33. The number of thiocarbonyl (C=S) groups is 1. The number of nitrogens with one attached hydrogen (secondary N) is 1. The summed E-state index contributed by atoms with van der Waals surface area (Å²) in [5.74, 6) is -0.940. The number of hydrogen-bond donors (Lipinski definition) is 3. The van der Waals surface area contributed by atoms with Gasteiger partial charge in [-0.05, 0) is 48.1 Å². The predicted molar refractivity (Wildman–Crippen MR) is 110 cm³/mol. The molecule has 0 bridgehead atoms. The van der Waals surface area contributed by atoms with Crippen molar-refractivity contribution in [2.45, 2.75) is 0 Å². The molecule has 2 aromatic carbocycles. The number of hydrogen-bond acceptors (Lipinski definition) is 6. The molecule has 0 atom stereocenters. The fraction of sp³-hybridized carbons (Fsp3) is 0. The van der Waals surface area contributed by atoms with Crippen molar-refractivity contribution in [3.05, 3.63) is 55.9 Å². The van der Waals surface area contributed by atoms with Gasteiger partial charge in [0.05, 0.1) is 20.6 Å². The Morgan fingerprint density at radius 1 is 1.08 bits per heavy atom. The van der Waals surface area contributed by atoms with Gasteiger partial charge >= 0.3 is 0 Å². The van der Waals surface area contributed by atoms with Gasteiger partial charge in [0, 0.05) is 5.02 Å². The van der Waals surface area contributed by atoms with E-state index in [2.05, 4.69) is 5.43 Å². The third-order valence-corrected chi connectivity index (χ3v) is 5.44. The first-order chi connectivity index (χ1) is 12.3. The lowest BCUT2D eigenvalue weighted by atomic mass is 10.2. The summed E-state index contributed by atoms with van der Waals surface area (Å²) in [6, 6.07) is 7.20. The van der Waals surface area contributed by atoms with Crippen LogP contribution in [0.15, 0.2) is 35.2 Å². The molecule has 1 saturated heterocycles. The van der Waals surface area contributed by atoms with Gasteiger partial charge in [-0.15, -0.1) is 0 Å². The van der Waals surface area contributed by atoms with E-state index in [0.717, 1.165) is 16.8 Å². The number of halogens is 3. The topological polar surface area (TPSA) is 72.8 Å². The predicted octanol–water partition coefficient (Wildman–Crippen LogP) is 5.29. The normalized spacial score (nSPS) is 15.8. The summed E-state index contributed by atoms with van der Waals surface area (Å²) in [4.78, 5) is 13.0. The first kappa shape index (κ1) is 19.1. The number of phenolic OH excluding ortho intramolecular Hbond substituents is 2. The van der Waals surface area contributed by atoms with Gasteiger partial charge in [0.1, 0.15) is 0 Å². The second kappa shape index (κ2) is 7.54. The molecule has 0 unspecified atom stereocenters. The van der Waals surface area contributed by atoms with Crippen LogP contribution in [-0.2, 0) is 4.79 Å². The van der Waals surface area contributed by atoms with Gasteiger partial charge in [0.2, 0.25) is 0 Å². The quantitative estimate of drug-likeness (QED) is 0.337. The Kier molecular flexibility index (Phi) is 5.55. The zero-order valence-corrected chi connectivity index (χ0v) is 16.6. The van der Waals surface area contributed by atoms with Gasteiger partial charge in [-0.3, -0.25) is 10.2 Å². The maximum atomic E-state index is 12.6. The Morgan fingerprint density at radius 3 is 2.35 bits per heavy atom. The molecular weight excluding hydrogens is 439 g/mol. The van der Waals surface area contributed by atoms with E-state index < -0.39 is 5.91 Å². The summed E-state index contributed by atoms with van der Waals surface area (Å²) in [6.07, 6.45) is 1.55. The van der Waals surface area contributed by atoms with E-state index in [1.807, 2.05) is 0 Å². The first-order valence-corrected chi connectivity index (χ1v) is 9.33. The molecule has 5 nitrogen and oxygen atoms in total. The number of anilines is 1. The van der Waals surface area contributed by atoms with E-state index in [4.69, 9.17) is 47.0 Å². The van der Waals surface area contributed by atoms with E-state index >= 15 is 0 Å². The highest BCUT2D eigenvalue weighted by molar-refractivity contribution is 8.26. The average Bonchev–Trinajstić information content (AvgIpc) is 2.81. The van der Waals surface area contributed by atoms with Crippen LogP contribution in [0.25, 0.3) is 6.08 Å². The molecule has 1 aliphatic heterocycles. The van der Waals surface area contributed by atoms with Crippen molar-refractivity contribution in [3.8, 4) is 11.5 Å². The lowest BCUT2D eigenvalue weighted by Crippen LogP contribution is -2.34. The third kappa shape index (κ3) is 3.87. The minimum atomic E-state index is -0.408. The lowest BCUT2D eigenvalue weighted by molar-refractivity contribution is -0.121. The molecule has 10 heteroatoms. The van der Waals surface area contributed by atoms with Crippen LogP contribution in [0.4, 0.5) is 5.69 Å². The molecule has 0 aliphatic carbocycles. The monoisotopic (exact) mass is 446 g/mol. The number of thioether (sulfide) groups is 1. The SMILES string of the molecule is O=C1/C(=C\c2ccc(O)c(O)c2)SC(=S)N1Nc1c(Cl)cc(Cl)cc1Cl. The van der Waals surface area contributed by atoms with Gasteiger partial charge in [0.15, 0.2) is 15.8 Å². The Bertz CT molecular complexity index is 943. The van der Waals surface area contributed by atoms with Crippen LogP contribution in [0.5, 0.6) is 11.5 Å². The summed E-state index contributed by atoms with van der Waals surface area (Å²) < 4.78 is 0.256. The van der Waals surface area contributed by atoms with E-state index in [9.17, 15) is 15.0 Å². The standard InChI is InChI=1S/C16H9Cl3N2O3S2/c17-8-5-9(18)14(10(19)6-8)20-21-15(24)13(26-16(21)25)4-7-1-2-11(22)12(23)3-7/h1-6,20,22-23H/b13-4+. The third-order valence-electron chi connectivity index (χ3n) is 3.32. The van der Waals surface area contributed by atoms with Gasteiger partial charge in [-0.25, -0.2) is 5.01 Å². The van der Waals surface area contributed by atoms with Gasteiger partial charge < -0.3 is 10.2 Å². The van der Waals surface area contributed by atoms with Crippen molar-refractivity contribution in [3.63, 3.8) is 0 Å². The second-order valence-electron chi connectivity index (χ2n) is 5.12. The number of carbonyl (C=O) groups excluding carboxylic acids is 1. The highest BCUT2D eigenvalue weighted by atomic mass is 35.5. The van der Waals surface area contributed by atoms with Crippen molar-refractivity contribution in [2.24, 2.45) is 0 Å². The molecule has 3 N–H and O–H groups in total. The minimum absolute atomic E-state index is 0.240.